The van der Waals surface area contributed by atoms with Crippen LogP contribution in [0.5, 0.6) is 0 Å². The fraction of sp³-hybridized carbons (Fsp3) is 0.378. The van der Waals surface area contributed by atoms with E-state index < -0.39 is 23.8 Å². The van der Waals surface area contributed by atoms with Gasteiger partial charge in [0, 0.05) is 43.4 Å². The number of fused-ring (bicyclic) bond motifs is 1. The normalized spacial score (nSPS) is 24.8. The molecule has 1 aliphatic carbocycles. The molecule has 0 spiro atoms. The third-order valence-electron chi connectivity index (χ3n) is 9.49. The third kappa shape index (κ3) is 7.00. The molecule has 3 aliphatic rings. The van der Waals surface area contributed by atoms with E-state index in [1.54, 1.807) is 6.20 Å². The first-order valence-corrected chi connectivity index (χ1v) is 16.0. The van der Waals surface area contributed by atoms with Gasteiger partial charge in [-0.1, -0.05) is 84.9 Å². The number of alkyl carbamates (subject to hydrolysis) is 1. The molecule has 1 fully saturated rings. The monoisotopic (exact) mass is 623 g/mol. The summed E-state index contributed by atoms with van der Waals surface area (Å²) in [5.41, 5.74) is 8.99. The van der Waals surface area contributed by atoms with E-state index in [4.69, 9.17) is 15.2 Å². The molecule has 0 saturated carbocycles. The van der Waals surface area contributed by atoms with E-state index in [0.29, 0.717) is 44.5 Å². The second-order valence-electron chi connectivity index (χ2n) is 12.7. The molecule has 9 nitrogen and oxygen atoms in total. The molecule has 0 bridgehead atoms. The number of nitrogens with one attached hydrogen (secondary N) is 2. The van der Waals surface area contributed by atoms with Crippen molar-refractivity contribution < 1.29 is 29.0 Å². The van der Waals surface area contributed by atoms with Crippen molar-refractivity contribution in [3.05, 3.63) is 119 Å². The maximum absolute atomic E-state index is 14.7. The van der Waals surface area contributed by atoms with Crippen LogP contribution in [-0.2, 0) is 31.9 Å². The SMILES string of the molecule is NC(=O)CC1CC(C2=CNC(Cc3ccccc3)(CC(O)C(Cc3ccccc3)NC(=O)OC3CCOC3)C2=O)c2ccccc21. The maximum atomic E-state index is 14.7. The number of ketones is 1. The van der Waals surface area contributed by atoms with Crippen LogP contribution >= 0.6 is 0 Å². The highest BCUT2D eigenvalue weighted by Crippen LogP contribution is 2.49. The molecule has 1 saturated heterocycles. The Morgan fingerprint density at radius 2 is 1.67 bits per heavy atom. The number of primary amides is 1. The number of Topliss-reactive ketones (excluding diaryl/α,β-unsaturated/α-hetero) is 1. The predicted molar refractivity (Wildman–Crippen MR) is 173 cm³/mol. The van der Waals surface area contributed by atoms with Crippen LogP contribution in [0.1, 0.15) is 59.8 Å². The molecule has 240 valence electrons. The van der Waals surface area contributed by atoms with Crippen LogP contribution < -0.4 is 16.4 Å². The first-order valence-electron chi connectivity index (χ1n) is 16.0. The van der Waals surface area contributed by atoms with Crippen LogP contribution in [0.3, 0.4) is 0 Å². The van der Waals surface area contributed by atoms with Gasteiger partial charge in [0.25, 0.3) is 0 Å². The molecule has 46 heavy (non-hydrogen) atoms. The highest BCUT2D eigenvalue weighted by Gasteiger charge is 2.49. The van der Waals surface area contributed by atoms with Gasteiger partial charge >= 0.3 is 6.09 Å². The summed E-state index contributed by atoms with van der Waals surface area (Å²) in [6, 6.07) is 26.5. The van der Waals surface area contributed by atoms with E-state index in [9.17, 15) is 19.5 Å². The summed E-state index contributed by atoms with van der Waals surface area (Å²) in [5.74, 6) is -0.753. The minimum absolute atomic E-state index is 0.0458. The molecule has 9 heteroatoms. The molecule has 5 N–H and O–H groups in total. The lowest BCUT2D eigenvalue weighted by molar-refractivity contribution is -0.122. The zero-order chi connectivity index (χ0) is 32.1. The summed E-state index contributed by atoms with van der Waals surface area (Å²) in [7, 11) is 0. The van der Waals surface area contributed by atoms with E-state index in [1.807, 2.05) is 84.9 Å². The molecule has 6 unspecified atom stereocenters. The van der Waals surface area contributed by atoms with Crippen molar-refractivity contribution in [2.45, 2.75) is 74.1 Å². The lowest BCUT2D eigenvalue weighted by Gasteiger charge is -2.35. The van der Waals surface area contributed by atoms with Gasteiger partial charge in [0.05, 0.1) is 25.4 Å². The topological polar surface area (TPSA) is 140 Å². The Labute approximate surface area is 269 Å². The van der Waals surface area contributed by atoms with Crippen molar-refractivity contribution in [2.24, 2.45) is 5.73 Å². The first-order chi connectivity index (χ1) is 22.3. The van der Waals surface area contributed by atoms with Crippen molar-refractivity contribution in [3.63, 3.8) is 0 Å². The van der Waals surface area contributed by atoms with Crippen LogP contribution in [0.15, 0.2) is 96.7 Å². The second-order valence-corrected chi connectivity index (χ2v) is 12.7. The zero-order valence-electron chi connectivity index (χ0n) is 25.8. The Kier molecular flexibility index (Phi) is 9.51. The van der Waals surface area contributed by atoms with Crippen LogP contribution in [0.2, 0.25) is 0 Å². The van der Waals surface area contributed by atoms with Crippen LogP contribution in [0.4, 0.5) is 4.79 Å². The highest BCUT2D eigenvalue weighted by atomic mass is 16.6. The second kappa shape index (κ2) is 13.9. The minimum Gasteiger partial charge on any atom is -0.444 e. The molecule has 3 aromatic carbocycles. The number of benzene rings is 3. The maximum Gasteiger partial charge on any atom is 0.407 e. The molecular weight excluding hydrogens is 582 g/mol. The molecule has 2 aliphatic heterocycles. The molecule has 2 heterocycles. The van der Waals surface area contributed by atoms with Gasteiger partial charge in [-0.3, -0.25) is 9.59 Å². The Hall–Kier alpha value is -4.47. The molecule has 0 radical (unpaired) electrons. The average Bonchev–Trinajstić information content (AvgIpc) is 3.76. The number of hydrogen-bond donors (Lipinski definition) is 4. The number of aliphatic hydroxyl groups is 1. The van der Waals surface area contributed by atoms with Gasteiger partial charge in [0.1, 0.15) is 11.6 Å². The van der Waals surface area contributed by atoms with E-state index >= 15 is 0 Å². The summed E-state index contributed by atoms with van der Waals surface area (Å²) in [4.78, 5) is 39.6. The molecule has 6 atom stereocenters. The van der Waals surface area contributed by atoms with Gasteiger partial charge in [0.2, 0.25) is 5.91 Å². The lowest BCUT2D eigenvalue weighted by Crippen LogP contribution is -2.55. The highest BCUT2D eigenvalue weighted by molar-refractivity contribution is 6.06. The Morgan fingerprint density at radius 1 is 1.00 bits per heavy atom. The number of nitrogens with two attached hydrogens (primary N) is 1. The number of hydrogen-bond acceptors (Lipinski definition) is 7. The third-order valence-corrected chi connectivity index (χ3v) is 9.49. The van der Waals surface area contributed by atoms with E-state index in [0.717, 1.165) is 22.3 Å². The van der Waals surface area contributed by atoms with E-state index in [2.05, 4.69) is 10.6 Å². The number of rotatable bonds is 12. The van der Waals surface area contributed by atoms with Gasteiger partial charge in [-0.15, -0.1) is 0 Å². The van der Waals surface area contributed by atoms with Crippen LogP contribution in [-0.4, -0.2) is 59.9 Å². The van der Waals surface area contributed by atoms with E-state index in [-0.39, 0.29) is 42.5 Å². The van der Waals surface area contributed by atoms with Gasteiger partial charge in [-0.2, -0.15) is 0 Å². The Bertz CT molecular complexity index is 1570. The number of ether oxygens (including phenoxy) is 2. The van der Waals surface area contributed by atoms with Crippen LogP contribution in [0, 0.1) is 0 Å². The van der Waals surface area contributed by atoms with Crippen molar-refractivity contribution in [3.8, 4) is 0 Å². The van der Waals surface area contributed by atoms with Crippen LogP contribution in [0.25, 0.3) is 0 Å². The summed E-state index contributed by atoms with van der Waals surface area (Å²) in [5, 5.41) is 18.2. The summed E-state index contributed by atoms with van der Waals surface area (Å²) < 4.78 is 10.9. The Balaban J connectivity index is 1.27. The number of amides is 2. The first kappa shape index (κ1) is 31.5. The van der Waals surface area contributed by atoms with Crippen molar-refractivity contribution in [1.82, 2.24) is 10.6 Å². The van der Waals surface area contributed by atoms with Crippen molar-refractivity contribution >= 4 is 17.8 Å². The standard InChI is InChI=1S/C37H41N3O6/c38-34(42)19-26-18-30(29-14-8-7-13-28(26)29)31-22-39-37(35(31)43,20-25-11-5-2-6-12-25)21-33(41)32(17-24-9-3-1-4-10-24)40-36(44)46-27-15-16-45-23-27/h1-14,22,26-27,30,32-33,39,41H,15-21,23H2,(H2,38,42)(H,40,44). The fourth-order valence-corrected chi connectivity index (χ4v) is 7.24. The smallest absolute Gasteiger partial charge is 0.407 e. The van der Waals surface area contributed by atoms with Gasteiger partial charge < -0.3 is 30.9 Å². The molecule has 6 rings (SSSR count). The van der Waals surface area contributed by atoms with Gasteiger partial charge in [-0.05, 0) is 41.0 Å². The largest absolute Gasteiger partial charge is 0.444 e. The minimum atomic E-state index is -1.16. The number of aliphatic hydroxyl groups excluding tert-OH is 1. The van der Waals surface area contributed by atoms with Gasteiger partial charge in [0.15, 0.2) is 5.78 Å². The lowest BCUT2D eigenvalue weighted by atomic mass is 9.77. The summed E-state index contributed by atoms with van der Waals surface area (Å²) >= 11 is 0. The quantitative estimate of drug-likeness (QED) is 0.239. The number of carbonyl (C=O) groups is 3. The average molecular weight is 624 g/mol. The zero-order valence-corrected chi connectivity index (χ0v) is 25.8. The predicted octanol–water partition coefficient (Wildman–Crippen LogP) is 4.05. The molecule has 3 aromatic rings. The fourth-order valence-electron chi connectivity index (χ4n) is 7.24. The molecular formula is C37H41N3O6. The molecule has 0 aromatic heterocycles. The summed E-state index contributed by atoms with van der Waals surface area (Å²) in [6.45, 7) is 0.880. The summed E-state index contributed by atoms with van der Waals surface area (Å²) in [6.07, 6.45) is 1.90. The molecule has 2 amide bonds. The van der Waals surface area contributed by atoms with E-state index in [1.165, 1.54) is 0 Å². The van der Waals surface area contributed by atoms with Gasteiger partial charge in [-0.25, -0.2) is 4.79 Å². The number of carbonyl (C=O) groups excluding carboxylic acids is 3. The van der Waals surface area contributed by atoms with Crippen molar-refractivity contribution in [1.29, 1.82) is 0 Å². The van der Waals surface area contributed by atoms with Crippen molar-refractivity contribution in [2.75, 3.05) is 13.2 Å². The Morgan fingerprint density at radius 3 is 2.35 bits per heavy atom.